The number of rotatable bonds is 5. The number of hydrogen-bond acceptors (Lipinski definition) is 3. The van der Waals surface area contributed by atoms with Crippen molar-refractivity contribution in [1.82, 2.24) is 0 Å². The zero-order valence-corrected chi connectivity index (χ0v) is 13.9. The molecule has 0 unspecified atom stereocenters. The fraction of sp³-hybridized carbons (Fsp3) is 0.158. The number of carbonyl (C=O) groups is 1. The number of nitrogens with one attached hydrogen (secondary N) is 2. The van der Waals surface area contributed by atoms with Gasteiger partial charge in [-0.1, -0.05) is 31.2 Å². The summed E-state index contributed by atoms with van der Waals surface area (Å²) >= 11 is 0. The maximum absolute atomic E-state index is 12.7. The van der Waals surface area contributed by atoms with Crippen molar-refractivity contribution >= 4 is 17.3 Å². The highest BCUT2D eigenvalue weighted by atomic mass is 19.4. The van der Waals surface area contributed by atoms with Gasteiger partial charge in [0, 0.05) is 17.6 Å². The summed E-state index contributed by atoms with van der Waals surface area (Å²) in [5, 5.41) is 14.4. The minimum Gasteiger partial charge on any atom is -0.360 e. The molecule has 26 heavy (non-hydrogen) atoms. The summed E-state index contributed by atoms with van der Waals surface area (Å²) in [4.78, 5) is 12.2. The Balaban J connectivity index is 2.15. The first-order chi connectivity index (χ1) is 12.3. The molecule has 0 radical (unpaired) electrons. The molecule has 0 saturated carbocycles. The minimum atomic E-state index is -4.51. The number of carbonyl (C=O) groups excluding carboxylic acids is 1. The van der Waals surface area contributed by atoms with Gasteiger partial charge in [-0.05, 0) is 36.2 Å². The number of alkyl halides is 3. The first-order valence-corrected chi connectivity index (χ1v) is 7.78. The molecular weight excluding hydrogens is 343 g/mol. The fourth-order valence-corrected chi connectivity index (χ4v) is 2.24. The van der Waals surface area contributed by atoms with Crippen molar-refractivity contribution in [2.24, 2.45) is 0 Å². The van der Waals surface area contributed by atoms with Crippen LogP contribution in [0.3, 0.4) is 0 Å². The highest BCUT2D eigenvalue weighted by molar-refractivity contribution is 6.06. The fourth-order valence-electron chi connectivity index (χ4n) is 2.24. The summed E-state index contributed by atoms with van der Waals surface area (Å²) < 4.78 is 38.2. The van der Waals surface area contributed by atoms with Gasteiger partial charge in [0.05, 0.1) is 5.56 Å². The number of hydrogen-bond donors (Lipinski definition) is 2. The molecule has 0 spiro atoms. The van der Waals surface area contributed by atoms with E-state index >= 15 is 0 Å². The summed E-state index contributed by atoms with van der Waals surface area (Å²) in [5.74, 6) is -0.798. The minimum absolute atomic E-state index is 0.0417. The van der Waals surface area contributed by atoms with E-state index in [1.165, 1.54) is 18.3 Å². The van der Waals surface area contributed by atoms with Crippen LogP contribution >= 0.6 is 0 Å². The van der Waals surface area contributed by atoms with Gasteiger partial charge in [0.15, 0.2) is 0 Å². The monoisotopic (exact) mass is 359 g/mol. The third-order valence-electron chi connectivity index (χ3n) is 3.58. The second-order valence-corrected chi connectivity index (χ2v) is 5.36. The molecule has 0 aliphatic heterocycles. The van der Waals surface area contributed by atoms with Crippen LogP contribution in [0.15, 0.2) is 60.3 Å². The Kier molecular flexibility index (Phi) is 6.02. The van der Waals surface area contributed by atoms with Crippen LogP contribution < -0.4 is 10.6 Å². The molecule has 0 fully saturated rings. The van der Waals surface area contributed by atoms with Crippen molar-refractivity contribution in [1.29, 1.82) is 5.26 Å². The SMILES string of the molecule is CCc1ccccc1N/C=C(/C#N)C(=O)Nc1cccc(C(F)(F)F)c1. The van der Waals surface area contributed by atoms with Crippen LogP contribution in [0.5, 0.6) is 0 Å². The van der Waals surface area contributed by atoms with E-state index in [0.717, 1.165) is 29.8 Å². The maximum atomic E-state index is 12.7. The second kappa shape index (κ2) is 8.21. The molecule has 4 nitrogen and oxygen atoms in total. The lowest BCUT2D eigenvalue weighted by molar-refractivity contribution is -0.137. The summed E-state index contributed by atoms with van der Waals surface area (Å²) in [6, 6.07) is 13.4. The van der Waals surface area contributed by atoms with E-state index < -0.39 is 17.6 Å². The largest absolute Gasteiger partial charge is 0.416 e. The predicted octanol–water partition coefficient (Wildman–Crippen LogP) is 4.73. The summed E-state index contributed by atoms with van der Waals surface area (Å²) in [7, 11) is 0. The molecule has 0 bridgehead atoms. The predicted molar refractivity (Wildman–Crippen MR) is 93.2 cm³/mol. The Morgan fingerprint density at radius 3 is 2.58 bits per heavy atom. The molecule has 134 valence electrons. The van der Waals surface area contributed by atoms with Crippen LogP contribution in [0.1, 0.15) is 18.1 Å². The van der Waals surface area contributed by atoms with Crippen molar-refractivity contribution in [3.8, 4) is 6.07 Å². The van der Waals surface area contributed by atoms with Crippen LogP contribution in [0.2, 0.25) is 0 Å². The van der Waals surface area contributed by atoms with Crippen molar-refractivity contribution in [2.75, 3.05) is 10.6 Å². The lowest BCUT2D eigenvalue weighted by Crippen LogP contribution is -2.15. The van der Waals surface area contributed by atoms with Gasteiger partial charge >= 0.3 is 6.18 Å². The number of nitrogens with zero attached hydrogens (tertiary/aromatic N) is 1. The molecule has 0 aromatic heterocycles. The number of benzene rings is 2. The average molecular weight is 359 g/mol. The van der Waals surface area contributed by atoms with Crippen molar-refractivity contribution in [2.45, 2.75) is 19.5 Å². The van der Waals surface area contributed by atoms with Gasteiger partial charge in [0.25, 0.3) is 5.91 Å². The number of amides is 1. The lowest BCUT2D eigenvalue weighted by atomic mass is 10.1. The number of para-hydroxylation sites is 1. The zero-order valence-electron chi connectivity index (χ0n) is 13.9. The van der Waals surface area contributed by atoms with Gasteiger partial charge in [-0.15, -0.1) is 0 Å². The molecule has 0 aliphatic carbocycles. The third kappa shape index (κ3) is 4.86. The van der Waals surface area contributed by atoms with E-state index in [1.54, 1.807) is 12.1 Å². The molecule has 2 rings (SSSR count). The molecule has 2 aromatic carbocycles. The second-order valence-electron chi connectivity index (χ2n) is 5.36. The Morgan fingerprint density at radius 1 is 1.19 bits per heavy atom. The van der Waals surface area contributed by atoms with Crippen LogP contribution in [-0.4, -0.2) is 5.91 Å². The average Bonchev–Trinajstić information content (AvgIpc) is 2.62. The van der Waals surface area contributed by atoms with Gasteiger partial charge in [-0.2, -0.15) is 18.4 Å². The summed E-state index contributed by atoms with van der Waals surface area (Å²) in [5.41, 5.74) is 0.565. The maximum Gasteiger partial charge on any atom is 0.416 e. The quantitative estimate of drug-likeness (QED) is 0.599. The van der Waals surface area contributed by atoms with Crippen LogP contribution in [0, 0.1) is 11.3 Å². The standard InChI is InChI=1S/C19H16F3N3O/c1-2-13-6-3-4-9-17(13)24-12-14(11-23)18(26)25-16-8-5-7-15(10-16)19(20,21)22/h3-10,12,24H,2H2,1H3,(H,25,26)/b14-12-. The molecule has 0 aliphatic rings. The van der Waals surface area contributed by atoms with Gasteiger partial charge < -0.3 is 10.6 Å². The highest BCUT2D eigenvalue weighted by Gasteiger charge is 2.30. The van der Waals surface area contributed by atoms with Crippen molar-refractivity contribution in [3.63, 3.8) is 0 Å². The Labute approximate surface area is 149 Å². The number of aryl methyl sites for hydroxylation is 1. The van der Waals surface area contributed by atoms with Gasteiger partial charge in [-0.3, -0.25) is 4.79 Å². The van der Waals surface area contributed by atoms with Crippen LogP contribution in [0.4, 0.5) is 24.5 Å². The highest BCUT2D eigenvalue weighted by Crippen LogP contribution is 2.30. The number of nitriles is 1. The van der Waals surface area contributed by atoms with Gasteiger partial charge in [-0.25, -0.2) is 0 Å². The molecule has 2 N–H and O–H groups in total. The summed E-state index contributed by atoms with van der Waals surface area (Å²) in [6.45, 7) is 1.97. The third-order valence-corrected chi connectivity index (χ3v) is 3.58. The molecule has 1 amide bonds. The van der Waals surface area contributed by atoms with Crippen LogP contribution in [-0.2, 0) is 17.4 Å². The number of halogens is 3. The number of anilines is 2. The molecule has 0 heterocycles. The van der Waals surface area contributed by atoms with E-state index in [-0.39, 0.29) is 11.3 Å². The first kappa shape index (κ1) is 19.1. The summed E-state index contributed by atoms with van der Waals surface area (Å²) in [6.07, 6.45) is -2.52. The zero-order chi connectivity index (χ0) is 19.2. The smallest absolute Gasteiger partial charge is 0.360 e. The Bertz CT molecular complexity index is 867. The molecule has 2 aromatic rings. The van der Waals surface area contributed by atoms with Crippen molar-refractivity contribution in [3.05, 3.63) is 71.4 Å². The Hall–Kier alpha value is -3.27. The van der Waals surface area contributed by atoms with Gasteiger partial charge in [0.2, 0.25) is 0 Å². The first-order valence-electron chi connectivity index (χ1n) is 7.78. The van der Waals surface area contributed by atoms with Crippen molar-refractivity contribution < 1.29 is 18.0 Å². The van der Waals surface area contributed by atoms with Gasteiger partial charge in [0.1, 0.15) is 11.6 Å². The lowest BCUT2D eigenvalue weighted by Gasteiger charge is -2.10. The normalized spacial score (nSPS) is 11.6. The van der Waals surface area contributed by atoms with E-state index in [0.29, 0.717) is 0 Å². The van der Waals surface area contributed by atoms with E-state index in [4.69, 9.17) is 5.26 Å². The topological polar surface area (TPSA) is 64.9 Å². The van der Waals surface area contributed by atoms with E-state index in [2.05, 4.69) is 10.6 Å². The molecular formula is C19H16F3N3O. The molecule has 7 heteroatoms. The molecule has 0 saturated heterocycles. The molecule has 0 atom stereocenters. The van der Waals surface area contributed by atoms with E-state index in [9.17, 15) is 18.0 Å². The van der Waals surface area contributed by atoms with E-state index in [1.807, 2.05) is 25.1 Å². The Morgan fingerprint density at radius 2 is 1.92 bits per heavy atom. The van der Waals surface area contributed by atoms with Crippen LogP contribution in [0.25, 0.3) is 0 Å².